The highest BCUT2D eigenvalue weighted by molar-refractivity contribution is 6.74. The Labute approximate surface area is 262 Å². The monoisotopic (exact) mass is 619 g/mol. The zero-order chi connectivity index (χ0) is 32.0. The van der Waals surface area contributed by atoms with Crippen molar-refractivity contribution >= 4 is 25.9 Å². The summed E-state index contributed by atoms with van der Waals surface area (Å²) in [6, 6.07) is 5.13. The van der Waals surface area contributed by atoms with Gasteiger partial charge in [0.15, 0.2) is 8.32 Å². The molecule has 0 spiro atoms. The number of nitrogens with zero attached hydrogens (tertiary/aromatic N) is 1. The summed E-state index contributed by atoms with van der Waals surface area (Å²) in [5, 5.41) is 10.7. The molecule has 2 fully saturated rings. The van der Waals surface area contributed by atoms with E-state index in [9.17, 15) is 14.7 Å². The largest absolute Gasteiger partial charge is 0.491 e. The zero-order valence-electron chi connectivity index (χ0n) is 27.0. The first kappa shape index (κ1) is 32.3. The van der Waals surface area contributed by atoms with Gasteiger partial charge in [-0.1, -0.05) is 44.5 Å². The lowest BCUT2D eigenvalue weighted by atomic mass is 9.64. The zero-order valence-corrected chi connectivity index (χ0v) is 28.0. The van der Waals surface area contributed by atoms with Gasteiger partial charge in [-0.25, -0.2) is 4.79 Å². The molecule has 1 aromatic rings. The molecular weight excluding hydrogens is 574 g/mol. The number of anilines is 1. The first-order valence-electron chi connectivity index (χ1n) is 15.6. The van der Waals surface area contributed by atoms with E-state index < -0.39 is 37.3 Å². The second kappa shape index (κ2) is 11.7. The van der Waals surface area contributed by atoms with Crippen LogP contribution in [0.2, 0.25) is 18.1 Å². The van der Waals surface area contributed by atoms with Crippen LogP contribution < -0.4 is 9.64 Å². The average Bonchev–Trinajstić information content (AvgIpc) is 3.64. The number of ketones is 1. The molecule has 8 nitrogen and oxygen atoms in total. The molecule has 236 valence electrons. The topological polar surface area (TPSA) is 97.8 Å². The molecule has 5 atom stereocenters. The van der Waals surface area contributed by atoms with E-state index in [2.05, 4.69) is 57.5 Å². The van der Waals surface area contributed by atoms with E-state index in [1.54, 1.807) is 24.0 Å². The Bertz CT molecular complexity index is 1470. The van der Waals surface area contributed by atoms with Crippen LogP contribution in [0.3, 0.4) is 0 Å². The van der Waals surface area contributed by atoms with Crippen molar-refractivity contribution < 1.29 is 33.3 Å². The quantitative estimate of drug-likeness (QED) is 0.151. The van der Waals surface area contributed by atoms with Gasteiger partial charge in [-0.3, -0.25) is 9.69 Å². The van der Waals surface area contributed by atoms with Crippen LogP contribution in [0.15, 0.2) is 30.4 Å². The highest BCUT2D eigenvalue weighted by atomic mass is 28.4. The van der Waals surface area contributed by atoms with Crippen LogP contribution in [0.1, 0.15) is 72.3 Å². The molecule has 4 aliphatic rings. The number of carbonyl (C=O) groups excluding carboxylic acids is 2. The molecule has 1 unspecified atom stereocenters. The first-order chi connectivity index (χ1) is 20.6. The number of aliphatic hydroxyl groups is 1. The molecule has 9 heteroatoms. The molecule has 1 aromatic carbocycles. The highest BCUT2D eigenvalue weighted by Crippen LogP contribution is 2.72. The number of hydrogen-bond donors (Lipinski definition) is 1. The summed E-state index contributed by atoms with van der Waals surface area (Å²) >= 11 is 0. The standard InChI is InChI=1S/C35H45NO7Si/c1-25(37)24-33(5,39)19-20-41-31(38)36-29-17-16-27(40-21-22-42-44(6,7)32(2,3)4)23-28(29)35-26-13-10-8-9-11-15-30(36)34(35,43-35)18-12-14-26/h8-9,16-17,23,26,30,39H,12,14,18-22,24H2,1-7H3/b9-8-/t26-,30+,33?,34+,35-/m1/s1. The maximum atomic E-state index is 13.9. The van der Waals surface area contributed by atoms with E-state index in [1.807, 2.05) is 18.2 Å². The Balaban J connectivity index is 1.45. The van der Waals surface area contributed by atoms with Crippen molar-refractivity contribution in [2.24, 2.45) is 5.92 Å². The summed E-state index contributed by atoms with van der Waals surface area (Å²) in [4.78, 5) is 27.0. The van der Waals surface area contributed by atoms with E-state index in [0.717, 1.165) is 24.8 Å². The van der Waals surface area contributed by atoms with Crippen molar-refractivity contribution in [1.82, 2.24) is 0 Å². The van der Waals surface area contributed by atoms with Crippen LogP contribution in [0, 0.1) is 29.6 Å². The smallest absolute Gasteiger partial charge is 0.415 e. The van der Waals surface area contributed by atoms with Gasteiger partial charge in [0.05, 0.1) is 30.4 Å². The number of hydrogen-bond acceptors (Lipinski definition) is 7. The molecule has 2 heterocycles. The molecule has 44 heavy (non-hydrogen) atoms. The minimum atomic E-state index is -1.90. The molecule has 1 saturated carbocycles. The lowest BCUT2D eigenvalue weighted by molar-refractivity contribution is -0.121. The van der Waals surface area contributed by atoms with Crippen LogP contribution in [0.4, 0.5) is 10.5 Å². The number of fused-ring (bicyclic) bond motifs is 1. The predicted octanol–water partition coefficient (Wildman–Crippen LogP) is 5.87. The van der Waals surface area contributed by atoms with Gasteiger partial charge in [-0.15, -0.1) is 0 Å². The molecule has 1 N–H and O–H groups in total. The second-order valence-corrected chi connectivity index (χ2v) is 19.0. The van der Waals surface area contributed by atoms with Crippen LogP contribution in [-0.2, 0) is 24.3 Å². The third-order valence-corrected chi connectivity index (χ3v) is 14.4. The second-order valence-electron chi connectivity index (χ2n) is 14.2. The average molecular weight is 620 g/mol. The minimum Gasteiger partial charge on any atom is -0.491 e. The Morgan fingerprint density at radius 3 is 2.55 bits per heavy atom. The number of carbonyl (C=O) groups is 2. The van der Waals surface area contributed by atoms with E-state index >= 15 is 0 Å². The molecule has 1 amide bonds. The van der Waals surface area contributed by atoms with Gasteiger partial charge in [0.2, 0.25) is 0 Å². The van der Waals surface area contributed by atoms with E-state index in [-0.39, 0.29) is 36.2 Å². The molecule has 4 bridgehead atoms. The lowest BCUT2D eigenvalue weighted by Crippen LogP contribution is -2.57. The van der Waals surface area contributed by atoms with Crippen LogP contribution in [0.25, 0.3) is 0 Å². The van der Waals surface area contributed by atoms with Gasteiger partial charge in [0, 0.05) is 18.4 Å². The van der Waals surface area contributed by atoms with Gasteiger partial charge >= 0.3 is 6.09 Å². The van der Waals surface area contributed by atoms with E-state index in [1.165, 1.54) is 6.92 Å². The van der Waals surface area contributed by atoms with Crippen molar-refractivity contribution in [2.75, 3.05) is 24.7 Å². The summed E-state index contributed by atoms with van der Waals surface area (Å²) in [6.45, 7) is 14.9. The minimum absolute atomic E-state index is 0.0108. The van der Waals surface area contributed by atoms with Crippen molar-refractivity contribution in [3.63, 3.8) is 0 Å². The fraction of sp³-hybridized carbons (Fsp3) is 0.600. The van der Waals surface area contributed by atoms with Gasteiger partial charge in [0.1, 0.15) is 35.4 Å². The highest BCUT2D eigenvalue weighted by Gasteiger charge is 2.81. The maximum Gasteiger partial charge on any atom is 0.415 e. The van der Waals surface area contributed by atoms with Crippen LogP contribution >= 0.6 is 0 Å². The normalized spacial score (nSPS) is 28.4. The Morgan fingerprint density at radius 1 is 1.11 bits per heavy atom. The molecule has 0 aromatic heterocycles. The van der Waals surface area contributed by atoms with Crippen molar-refractivity contribution in [3.05, 3.63) is 35.9 Å². The van der Waals surface area contributed by atoms with Crippen molar-refractivity contribution in [3.8, 4) is 29.4 Å². The Hall–Kier alpha value is -3.08. The van der Waals surface area contributed by atoms with Crippen LogP contribution in [-0.4, -0.2) is 62.4 Å². The lowest BCUT2D eigenvalue weighted by Gasteiger charge is -2.43. The number of epoxide rings is 1. The van der Waals surface area contributed by atoms with Gasteiger partial charge in [-0.05, 0) is 81.6 Å². The Morgan fingerprint density at radius 2 is 1.84 bits per heavy atom. The molecule has 1 saturated heterocycles. The van der Waals surface area contributed by atoms with E-state index in [0.29, 0.717) is 24.7 Å². The molecular formula is C35H45NO7Si. The molecule has 0 radical (unpaired) electrons. The van der Waals surface area contributed by atoms with E-state index in [4.69, 9.17) is 18.6 Å². The SMILES string of the molecule is CC(=O)CC(C)(O)CCOC(=O)N1c2ccc(OCCO[Si](C)(C)C(C)(C)C)cc2[C@@]23O[C@]24CCC[C@H]3C#C/C=C\C#C[C@H]14. The van der Waals surface area contributed by atoms with Crippen molar-refractivity contribution in [1.29, 1.82) is 0 Å². The van der Waals surface area contributed by atoms with Crippen LogP contribution in [0.5, 0.6) is 5.75 Å². The third kappa shape index (κ3) is 5.84. The summed E-state index contributed by atoms with van der Waals surface area (Å²) in [5.41, 5.74) is -1.20. The van der Waals surface area contributed by atoms with Gasteiger partial charge < -0.3 is 23.7 Å². The number of rotatable bonds is 10. The third-order valence-electron chi connectivity index (χ3n) is 9.83. The van der Waals surface area contributed by atoms with Gasteiger partial charge in [-0.2, -0.15) is 0 Å². The molecule has 5 rings (SSSR count). The summed E-state index contributed by atoms with van der Waals surface area (Å²) in [5.74, 6) is 13.4. The fourth-order valence-corrected chi connectivity index (χ4v) is 7.63. The number of benzene rings is 1. The Kier molecular flexibility index (Phi) is 8.58. The molecule has 2 aliphatic heterocycles. The summed E-state index contributed by atoms with van der Waals surface area (Å²) in [7, 11) is -1.90. The fourth-order valence-electron chi connectivity index (χ4n) is 6.61. The predicted molar refractivity (Wildman–Crippen MR) is 171 cm³/mol. The van der Waals surface area contributed by atoms with Crippen molar-refractivity contribution in [2.45, 2.75) is 108 Å². The molecule has 2 aliphatic carbocycles. The van der Waals surface area contributed by atoms with Gasteiger partial charge in [0.25, 0.3) is 0 Å². The maximum absolute atomic E-state index is 13.9. The number of ether oxygens (including phenoxy) is 3. The summed E-state index contributed by atoms with van der Waals surface area (Å²) < 4.78 is 25.1. The number of Topliss-reactive ketones (excluding diaryl/α,β-unsaturated/α-hetero) is 1. The summed E-state index contributed by atoms with van der Waals surface area (Å²) in [6.07, 6.45) is 5.50. The first-order valence-corrected chi connectivity index (χ1v) is 18.5. The number of allylic oxidation sites excluding steroid dienone is 2. The number of amides is 1.